The molecule has 0 amide bonds. The van der Waals surface area contributed by atoms with Gasteiger partial charge in [-0.3, -0.25) is 4.57 Å². The molecule has 54 valence electrons. The predicted octanol–water partition coefficient (Wildman–Crippen LogP) is 1.02. The Morgan fingerprint density at radius 2 is 2.44 bits per heavy atom. The Morgan fingerprint density at radius 3 is 2.67 bits per heavy atom. The lowest BCUT2D eigenvalue weighted by Gasteiger charge is -2.14. The first-order chi connectivity index (χ1) is 4.11. The molecule has 1 fully saturated rings. The van der Waals surface area contributed by atoms with Crippen molar-refractivity contribution in [2.75, 3.05) is 18.2 Å². The molecule has 0 aromatic rings. The number of rotatable bonds is 1. The summed E-state index contributed by atoms with van der Waals surface area (Å²) in [6, 6.07) is 0. The minimum absolute atomic E-state index is 0.636. The molecule has 1 N–H and O–H groups in total. The maximum Gasteiger partial charge on any atom is 0.324 e. The van der Waals surface area contributed by atoms with Crippen LogP contribution in [0.5, 0.6) is 0 Å². The molecule has 0 aromatic carbocycles. The molecule has 1 saturated heterocycles. The van der Waals surface area contributed by atoms with Gasteiger partial charge >= 0.3 is 6.72 Å². The lowest BCUT2D eigenvalue weighted by atomic mass is 10.8. The standard InChI is InChI=1S/C3H8NO2PS2/c5-7(6,8)4-1-2-9-3-4/h1-3H2,(H2,5,6,8). The smallest absolute Gasteiger partial charge is 0.324 e. The average Bonchev–Trinajstić information content (AvgIpc) is 2.08. The Kier molecular flexibility index (Phi) is 2.51. The Labute approximate surface area is 63.5 Å². The van der Waals surface area contributed by atoms with E-state index in [-0.39, 0.29) is 0 Å². The maximum atomic E-state index is 10.7. The third kappa shape index (κ3) is 2.16. The molecule has 1 atom stereocenters. The quantitative estimate of drug-likeness (QED) is 0.472. The van der Waals surface area contributed by atoms with E-state index in [1.165, 1.54) is 4.67 Å². The molecule has 1 heterocycles. The van der Waals surface area contributed by atoms with E-state index in [2.05, 4.69) is 12.2 Å². The molecule has 0 spiro atoms. The molecule has 0 saturated carbocycles. The van der Waals surface area contributed by atoms with Crippen LogP contribution >= 0.6 is 30.7 Å². The van der Waals surface area contributed by atoms with Crippen LogP contribution in [-0.4, -0.2) is 27.7 Å². The molecular weight excluding hydrogens is 177 g/mol. The van der Waals surface area contributed by atoms with Gasteiger partial charge in [-0.1, -0.05) is 12.2 Å². The Morgan fingerprint density at radius 1 is 1.78 bits per heavy atom. The van der Waals surface area contributed by atoms with E-state index in [4.69, 9.17) is 4.89 Å². The number of hydrogen-bond acceptors (Lipinski definition) is 2. The summed E-state index contributed by atoms with van der Waals surface area (Å²) in [6.07, 6.45) is 0. The van der Waals surface area contributed by atoms with Crippen molar-refractivity contribution in [2.45, 2.75) is 0 Å². The van der Waals surface area contributed by atoms with Crippen LogP contribution in [0.3, 0.4) is 0 Å². The van der Waals surface area contributed by atoms with Gasteiger partial charge in [0.1, 0.15) is 0 Å². The van der Waals surface area contributed by atoms with Gasteiger partial charge in [0, 0.05) is 12.3 Å². The predicted molar refractivity (Wildman–Crippen MR) is 42.8 cm³/mol. The van der Waals surface area contributed by atoms with Crippen LogP contribution in [0.2, 0.25) is 0 Å². The van der Waals surface area contributed by atoms with E-state index in [9.17, 15) is 4.57 Å². The second-order valence-corrected chi connectivity index (χ2v) is 6.01. The number of thioether (sulfide) groups is 1. The zero-order chi connectivity index (χ0) is 6.91. The van der Waals surface area contributed by atoms with Gasteiger partial charge in [-0.25, -0.2) is 4.67 Å². The minimum Gasteiger partial charge on any atom is -0.326 e. The van der Waals surface area contributed by atoms with Crippen LogP contribution in [0.15, 0.2) is 0 Å². The van der Waals surface area contributed by atoms with E-state index < -0.39 is 6.72 Å². The zero-order valence-corrected chi connectivity index (χ0v) is 7.33. The summed E-state index contributed by atoms with van der Waals surface area (Å²) >= 11 is 5.23. The van der Waals surface area contributed by atoms with Gasteiger partial charge in [-0.05, 0) is 0 Å². The average molecular weight is 185 g/mol. The lowest BCUT2D eigenvalue weighted by molar-refractivity contribution is 0.413. The van der Waals surface area contributed by atoms with Crippen molar-refractivity contribution in [1.82, 2.24) is 4.67 Å². The van der Waals surface area contributed by atoms with Gasteiger partial charge in [-0.15, -0.1) is 11.8 Å². The molecule has 9 heavy (non-hydrogen) atoms. The van der Waals surface area contributed by atoms with Crippen molar-refractivity contribution >= 4 is 30.7 Å². The van der Waals surface area contributed by atoms with Crippen LogP contribution in [-0.2, 0) is 4.57 Å². The van der Waals surface area contributed by atoms with Crippen molar-refractivity contribution in [3.05, 3.63) is 0 Å². The van der Waals surface area contributed by atoms with Crippen molar-refractivity contribution in [1.29, 1.82) is 0 Å². The zero-order valence-electron chi connectivity index (χ0n) is 4.73. The molecule has 0 aromatic heterocycles. The van der Waals surface area contributed by atoms with E-state index in [0.717, 1.165) is 5.75 Å². The highest BCUT2D eigenvalue weighted by molar-refractivity contribution is 8.45. The second-order valence-electron chi connectivity index (χ2n) is 1.78. The summed E-state index contributed by atoms with van der Waals surface area (Å²) in [7, 11) is 0. The fourth-order valence-electron chi connectivity index (χ4n) is 0.610. The summed E-state index contributed by atoms with van der Waals surface area (Å²) in [6.45, 7) is -2.52. The van der Waals surface area contributed by atoms with Crippen LogP contribution < -0.4 is 0 Å². The van der Waals surface area contributed by atoms with E-state index >= 15 is 0 Å². The van der Waals surface area contributed by atoms with Gasteiger partial charge in [0.05, 0.1) is 5.88 Å². The normalized spacial score (nSPS) is 28.2. The Bertz CT molecular complexity index is 141. The van der Waals surface area contributed by atoms with E-state index in [1.54, 1.807) is 11.8 Å². The number of thiol groups is 1. The van der Waals surface area contributed by atoms with Crippen LogP contribution in [0.1, 0.15) is 0 Å². The highest BCUT2D eigenvalue weighted by atomic mass is 32.7. The van der Waals surface area contributed by atoms with Crippen LogP contribution in [0.25, 0.3) is 0 Å². The lowest BCUT2D eigenvalue weighted by Crippen LogP contribution is -2.12. The van der Waals surface area contributed by atoms with E-state index in [0.29, 0.717) is 12.4 Å². The summed E-state index contributed by atoms with van der Waals surface area (Å²) in [5, 5.41) is 0. The summed E-state index contributed by atoms with van der Waals surface area (Å²) in [5.41, 5.74) is 0. The summed E-state index contributed by atoms with van der Waals surface area (Å²) in [5.74, 6) is 1.57. The minimum atomic E-state index is -3.21. The topological polar surface area (TPSA) is 40.5 Å². The van der Waals surface area contributed by atoms with Crippen LogP contribution in [0.4, 0.5) is 0 Å². The molecule has 6 heteroatoms. The third-order valence-corrected chi connectivity index (χ3v) is 4.10. The Balaban J connectivity index is 2.52. The molecule has 1 unspecified atom stereocenters. The molecular formula is C3H8NO2PS2. The number of nitrogens with zero attached hydrogens (tertiary/aromatic N) is 1. The maximum absolute atomic E-state index is 10.7. The second kappa shape index (κ2) is 2.84. The van der Waals surface area contributed by atoms with Crippen LogP contribution in [0, 0.1) is 0 Å². The molecule has 1 aliphatic heterocycles. The van der Waals surface area contributed by atoms with Gasteiger partial charge in [0.15, 0.2) is 0 Å². The van der Waals surface area contributed by atoms with Crippen molar-refractivity contribution in [3.8, 4) is 0 Å². The first-order valence-corrected chi connectivity index (χ1v) is 6.41. The molecule has 0 radical (unpaired) electrons. The number of hydrogen-bond donors (Lipinski definition) is 2. The molecule has 3 nitrogen and oxygen atoms in total. The largest absolute Gasteiger partial charge is 0.326 e. The van der Waals surface area contributed by atoms with E-state index in [1.807, 2.05) is 0 Å². The monoisotopic (exact) mass is 185 g/mol. The van der Waals surface area contributed by atoms with Gasteiger partial charge in [0.2, 0.25) is 0 Å². The molecule has 0 bridgehead atoms. The van der Waals surface area contributed by atoms with Gasteiger partial charge < -0.3 is 4.89 Å². The fourth-order valence-corrected chi connectivity index (χ4v) is 3.50. The van der Waals surface area contributed by atoms with Crippen molar-refractivity contribution in [2.24, 2.45) is 0 Å². The molecule has 1 aliphatic rings. The summed E-state index contributed by atoms with van der Waals surface area (Å²) < 4.78 is 12.2. The Hall–Kier alpha value is 0.850. The highest BCUT2D eigenvalue weighted by Crippen LogP contribution is 2.51. The van der Waals surface area contributed by atoms with Gasteiger partial charge in [-0.2, -0.15) is 0 Å². The summed E-state index contributed by atoms with van der Waals surface area (Å²) in [4.78, 5) is 8.85. The molecule has 0 aliphatic carbocycles. The first-order valence-electron chi connectivity index (χ1n) is 2.49. The van der Waals surface area contributed by atoms with Crippen molar-refractivity contribution < 1.29 is 9.46 Å². The van der Waals surface area contributed by atoms with Crippen molar-refractivity contribution in [3.63, 3.8) is 0 Å². The SMILES string of the molecule is O=P(O)(S)N1CCSC1. The first kappa shape index (κ1) is 7.95. The third-order valence-electron chi connectivity index (χ3n) is 1.10. The van der Waals surface area contributed by atoms with Gasteiger partial charge in [0.25, 0.3) is 0 Å². The molecule has 1 rings (SSSR count). The highest BCUT2D eigenvalue weighted by Gasteiger charge is 2.26. The fraction of sp³-hybridized carbons (Fsp3) is 1.00.